The minimum Gasteiger partial charge on any atom is -0.396 e. The minimum absolute atomic E-state index is 0.294. The van der Waals surface area contributed by atoms with Gasteiger partial charge in [0.1, 0.15) is 0 Å². The Hall–Kier alpha value is -0.830. The highest BCUT2D eigenvalue weighted by Crippen LogP contribution is 2.24. The molecule has 0 aromatic carbocycles. The highest BCUT2D eigenvalue weighted by Gasteiger charge is 2.23. The standard InChI is InChI=1S/C9H14N2O/c1-2-11-5-8-3-7(6-12)4-9(8)10-11/h5,7,12H,2-4,6H2,1H3. The van der Waals surface area contributed by atoms with Gasteiger partial charge in [0.25, 0.3) is 0 Å². The predicted molar refractivity (Wildman–Crippen MR) is 45.9 cm³/mol. The summed E-state index contributed by atoms with van der Waals surface area (Å²) in [6.07, 6.45) is 4.07. The molecule has 1 atom stereocenters. The molecule has 2 rings (SSSR count). The van der Waals surface area contributed by atoms with E-state index in [4.69, 9.17) is 5.11 Å². The lowest BCUT2D eigenvalue weighted by molar-refractivity contribution is 0.231. The van der Waals surface area contributed by atoms with Crippen molar-refractivity contribution in [1.82, 2.24) is 9.78 Å². The summed E-state index contributed by atoms with van der Waals surface area (Å²) in [7, 11) is 0. The quantitative estimate of drug-likeness (QED) is 0.699. The molecular formula is C9H14N2O. The number of hydrogen-bond acceptors (Lipinski definition) is 2. The first-order valence-corrected chi connectivity index (χ1v) is 4.49. The molecule has 0 bridgehead atoms. The highest BCUT2D eigenvalue weighted by molar-refractivity contribution is 5.23. The fourth-order valence-corrected chi connectivity index (χ4v) is 1.79. The van der Waals surface area contributed by atoms with Gasteiger partial charge in [-0.15, -0.1) is 0 Å². The minimum atomic E-state index is 0.294. The molecule has 1 aromatic rings. The maximum absolute atomic E-state index is 8.95. The Morgan fingerprint density at radius 1 is 1.67 bits per heavy atom. The summed E-state index contributed by atoms with van der Waals surface area (Å²) < 4.78 is 1.97. The molecule has 0 fully saturated rings. The fraction of sp³-hybridized carbons (Fsp3) is 0.667. The monoisotopic (exact) mass is 166 g/mol. The van der Waals surface area contributed by atoms with E-state index in [9.17, 15) is 0 Å². The first-order chi connectivity index (χ1) is 5.83. The normalized spacial score (nSPS) is 21.3. The van der Waals surface area contributed by atoms with Crippen LogP contribution in [0.3, 0.4) is 0 Å². The summed E-state index contributed by atoms with van der Waals surface area (Å²) in [4.78, 5) is 0. The molecule has 0 saturated carbocycles. The number of aliphatic hydroxyl groups excluding tert-OH is 1. The van der Waals surface area contributed by atoms with Crippen LogP contribution >= 0.6 is 0 Å². The van der Waals surface area contributed by atoms with Gasteiger partial charge in [-0.3, -0.25) is 4.68 Å². The van der Waals surface area contributed by atoms with Gasteiger partial charge in [-0.25, -0.2) is 0 Å². The van der Waals surface area contributed by atoms with E-state index in [1.54, 1.807) is 0 Å². The maximum Gasteiger partial charge on any atom is 0.0660 e. The molecular weight excluding hydrogens is 152 g/mol. The molecule has 1 aromatic heterocycles. The Morgan fingerprint density at radius 3 is 3.08 bits per heavy atom. The van der Waals surface area contributed by atoms with Gasteiger partial charge in [0.15, 0.2) is 0 Å². The average molecular weight is 166 g/mol. The Balaban J connectivity index is 2.18. The number of aliphatic hydroxyl groups is 1. The Morgan fingerprint density at radius 2 is 2.50 bits per heavy atom. The van der Waals surface area contributed by atoms with E-state index in [0.717, 1.165) is 19.4 Å². The Bertz CT molecular complexity index is 257. The lowest BCUT2D eigenvalue weighted by Gasteiger charge is -2.02. The summed E-state index contributed by atoms with van der Waals surface area (Å²) in [5, 5.41) is 13.4. The zero-order chi connectivity index (χ0) is 8.55. The van der Waals surface area contributed by atoms with E-state index in [1.807, 2.05) is 4.68 Å². The van der Waals surface area contributed by atoms with Crippen LogP contribution in [0.25, 0.3) is 0 Å². The van der Waals surface area contributed by atoms with Crippen molar-refractivity contribution in [2.75, 3.05) is 6.61 Å². The molecule has 66 valence electrons. The molecule has 1 heterocycles. The number of aryl methyl sites for hydroxylation is 1. The van der Waals surface area contributed by atoms with Gasteiger partial charge in [0.2, 0.25) is 0 Å². The van der Waals surface area contributed by atoms with Gasteiger partial charge in [0, 0.05) is 19.3 Å². The van der Waals surface area contributed by atoms with Crippen molar-refractivity contribution in [3.63, 3.8) is 0 Å². The maximum atomic E-state index is 8.95. The van der Waals surface area contributed by atoms with Crippen molar-refractivity contribution in [2.24, 2.45) is 5.92 Å². The molecule has 0 amide bonds. The fourth-order valence-electron chi connectivity index (χ4n) is 1.79. The van der Waals surface area contributed by atoms with Crippen LogP contribution < -0.4 is 0 Å². The van der Waals surface area contributed by atoms with E-state index in [2.05, 4.69) is 18.2 Å². The van der Waals surface area contributed by atoms with Crippen LogP contribution in [-0.4, -0.2) is 21.5 Å². The van der Waals surface area contributed by atoms with Crippen LogP contribution in [0.5, 0.6) is 0 Å². The molecule has 0 aliphatic heterocycles. The molecule has 1 unspecified atom stereocenters. The zero-order valence-corrected chi connectivity index (χ0v) is 7.32. The third-order valence-corrected chi connectivity index (χ3v) is 2.50. The van der Waals surface area contributed by atoms with Crippen LogP contribution in [0.15, 0.2) is 6.20 Å². The largest absolute Gasteiger partial charge is 0.396 e. The third kappa shape index (κ3) is 1.14. The van der Waals surface area contributed by atoms with Crippen molar-refractivity contribution in [2.45, 2.75) is 26.3 Å². The summed E-state index contributed by atoms with van der Waals surface area (Å²) in [5.41, 5.74) is 2.52. The second-order valence-electron chi connectivity index (χ2n) is 3.41. The van der Waals surface area contributed by atoms with Crippen molar-refractivity contribution < 1.29 is 5.11 Å². The Kier molecular flexibility index (Phi) is 1.89. The molecule has 0 saturated heterocycles. The number of hydrogen-bond donors (Lipinski definition) is 1. The molecule has 1 aliphatic rings. The predicted octanol–water partition coefficient (Wildman–Crippen LogP) is 0.610. The molecule has 12 heavy (non-hydrogen) atoms. The lowest BCUT2D eigenvalue weighted by Crippen LogP contribution is -2.07. The second kappa shape index (κ2) is 2.90. The number of fused-ring (bicyclic) bond motifs is 1. The summed E-state index contributed by atoms with van der Waals surface area (Å²) in [6, 6.07) is 0. The van der Waals surface area contributed by atoms with Gasteiger partial charge < -0.3 is 5.11 Å². The lowest BCUT2D eigenvalue weighted by atomic mass is 10.1. The SMILES string of the molecule is CCn1cc2c(n1)CC(CO)C2. The molecule has 1 aliphatic carbocycles. The van der Waals surface area contributed by atoms with Crippen LogP contribution in [0.1, 0.15) is 18.2 Å². The third-order valence-electron chi connectivity index (χ3n) is 2.50. The molecule has 1 N–H and O–H groups in total. The van der Waals surface area contributed by atoms with E-state index in [1.165, 1.54) is 11.3 Å². The second-order valence-corrected chi connectivity index (χ2v) is 3.41. The first kappa shape index (κ1) is 7.80. The van der Waals surface area contributed by atoms with Gasteiger partial charge in [0.05, 0.1) is 5.69 Å². The van der Waals surface area contributed by atoms with Crippen molar-refractivity contribution in [3.05, 3.63) is 17.5 Å². The van der Waals surface area contributed by atoms with Gasteiger partial charge >= 0.3 is 0 Å². The Labute approximate surface area is 72.0 Å². The molecule has 3 heteroatoms. The number of nitrogens with zero attached hydrogens (tertiary/aromatic N) is 2. The highest BCUT2D eigenvalue weighted by atomic mass is 16.3. The number of aromatic nitrogens is 2. The van der Waals surface area contributed by atoms with Gasteiger partial charge in [-0.05, 0) is 31.2 Å². The van der Waals surface area contributed by atoms with Gasteiger partial charge in [-0.1, -0.05) is 0 Å². The van der Waals surface area contributed by atoms with E-state index < -0.39 is 0 Å². The van der Waals surface area contributed by atoms with Crippen LogP contribution in [-0.2, 0) is 19.4 Å². The summed E-state index contributed by atoms with van der Waals surface area (Å²) >= 11 is 0. The van der Waals surface area contributed by atoms with Crippen molar-refractivity contribution in [1.29, 1.82) is 0 Å². The van der Waals surface area contributed by atoms with Gasteiger partial charge in [-0.2, -0.15) is 5.10 Å². The van der Waals surface area contributed by atoms with E-state index in [-0.39, 0.29) is 0 Å². The summed E-state index contributed by atoms with van der Waals surface area (Å²) in [5.74, 6) is 0.425. The first-order valence-electron chi connectivity index (χ1n) is 4.49. The van der Waals surface area contributed by atoms with Crippen LogP contribution in [0.4, 0.5) is 0 Å². The average Bonchev–Trinajstić information content (AvgIpc) is 2.59. The van der Waals surface area contributed by atoms with Crippen LogP contribution in [0.2, 0.25) is 0 Å². The molecule has 0 radical (unpaired) electrons. The summed E-state index contributed by atoms with van der Waals surface area (Å²) in [6.45, 7) is 3.32. The van der Waals surface area contributed by atoms with Crippen molar-refractivity contribution >= 4 is 0 Å². The smallest absolute Gasteiger partial charge is 0.0660 e. The molecule has 0 spiro atoms. The molecule has 3 nitrogen and oxygen atoms in total. The van der Waals surface area contributed by atoms with E-state index >= 15 is 0 Å². The van der Waals surface area contributed by atoms with Crippen LogP contribution in [0, 0.1) is 5.92 Å². The topological polar surface area (TPSA) is 38.0 Å². The number of rotatable bonds is 2. The van der Waals surface area contributed by atoms with Crippen molar-refractivity contribution in [3.8, 4) is 0 Å². The zero-order valence-electron chi connectivity index (χ0n) is 7.32. The van der Waals surface area contributed by atoms with E-state index in [0.29, 0.717) is 12.5 Å².